The number of nitrogens with zero attached hydrogens (tertiary/aromatic N) is 6. The highest BCUT2D eigenvalue weighted by molar-refractivity contribution is 5.95. The highest BCUT2D eigenvalue weighted by Crippen LogP contribution is 2.49. The van der Waals surface area contributed by atoms with E-state index in [1.165, 1.54) is 65.7 Å². The molecule has 6 aromatic rings. The SMILES string of the molecule is C1=CN2CN1C1c3cc(c4ccccc4c3)C3c4cc(cc5ccccc45)C2N2C=CN(C2)C(c2cc3c3ccccc3c2)N2C=CN1C2. The highest BCUT2D eigenvalue weighted by atomic mass is 15.6. The van der Waals surface area contributed by atoms with E-state index >= 15 is 0 Å². The Labute approximate surface area is 285 Å². The van der Waals surface area contributed by atoms with Crippen molar-refractivity contribution in [3.05, 3.63) is 180 Å². The summed E-state index contributed by atoms with van der Waals surface area (Å²) in [5.41, 5.74) is 8.09. The van der Waals surface area contributed by atoms with Crippen molar-refractivity contribution >= 4 is 32.3 Å². The average Bonchev–Trinajstić information content (AvgIpc) is 3.91. The molecule has 16 bridgehead atoms. The van der Waals surface area contributed by atoms with Crippen molar-refractivity contribution in [2.24, 2.45) is 0 Å². The predicted octanol–water partition coefficient (Wildman–Crippen LogP) is 8.50. The fourth-order valence-electron chi connectivity index (χ4n) is 9.80. The molecule has 0 unspecified atom stereocenters. The normalized spacial score (nSPS) is 24.0. The summed E-state index contributed by atoms with van der Waals surface area (Å²) in [4.78, 5) is 15.3. The highest BCUT2D eigenvalue weighted by Gasteiger charge is 2.42. The molecule has 1 saturated heterocycles. The number of fused-ring (bicyclic) bond motifs is 3. The Kier molecular flexibility index (Phi) is 5.00. The molecule has 0 N–H and O–H groups in total. The Balaban J connectivity index is 1.33. The minimum absolute atomic E-state index is 0.00150. The van der Waals surface area contributed by atoms with Gasteiger partial charge in [-0.25, -0.2) is 0 Å². The first-order valence-electron chi connectivity index (χ1n) is 17.4. The van der Waals surface area contributed by atoms with Gasteiger partial charge in [-0.1, -0.05) is 91.0 Å². The summed E-state index contributed by atoms with van der Waals surface area (Å²) in [5.74, 6) is 0.00150. The standard InChI is InChI=1S/C43H34N6/c1-4-10-34-28(7-1)19-31-22-37(34)40-38-23-32(20-29-8-2-5-11-35(29)38)42-46-15-13-44(25-46)41(31)45-14-16-47(26-45)43(49-18-17-48(42)27-49)33-21-30-9-3-6-12-36(30)39(40)24-33/h1-24,40-43H,25-27H2. The first kappa shape index (κ1) is 26.1. The second-order valence-electron chi connectivity index (χ2n) is 14.5. The lowest BCUT2D eigenvalue weighted by Gasteiger charge is -2.45. The molecule has 13 rings (SSSR count). The minimum atomic E-state index is 0.00150. The molecule has 6 aromatic carbocycles. The first-order chi connectivity index (χ1) is 24.2. The van der Waals surface area contributed by atoms with Gasteiger partial charge < -0.3 is 29.4 Å². The van der Waals surface area contributed by atoms with Gasteiger partial charge in [-0.05, 0) is 83.9 Å². The van der Waals surface area contributed by atoms with Crippen LogP contribution in [0.5, 0.6) is 0 Å². The van der Waals surface area contributed by atoms with Crippen LogP contribution in [0.15, 0.2) is 146 Å². The zero-order valence-electron chi connectivity index (χ0n) is 27.0. The fraction of sp³-hybridized carbons (Fsp3) is 0.163. The summed E-state index contributed by atoms with van der Waals surface area (Å²) < 4.78 is 0. The Morgan fingerprint density at radius 1 is 0.347 bits per heavy atom. The zero-order valence-corrected chi connectivity index (χ0v) is 27.0. The number of benzene rings is 6. The average molecular weight is 635 g/mol. The minimum Gasteiger partial charge on any atom is -0.334 e. The zero-order chi connectivity index (χ0) is 31.8. The van der Waals surface area contributed by atoms with Gasteiger partial charge in [0.2, 0.25) is 0 Å². The maximum absolute atomic E-state index is 2.55. The van der Waals surface area contributed by atoms with Gasteiger partial charge >= 0.3 is 0 Å². The van der Waals surface area contributed by atoms with Crippen molar-refractivity contribution in [2.45, 2.75) is 24.4 Å². The molecule has 1 fully saturated rings. The van der Waals surface area contributed by atoms with Crippen molar-refractivity contribution in [1.29, 1.82) is 0 Å². The molecule has 0 aliphatic carbocycles. The second-order valence-corrected chi connectivity index (χ2v) is 14.5. The van der Waals surface area contributed by atoms with E-state index in [1.807, 2.05) is 0 Å². The van der Waals surface area contributed by atoms with Crippen LogP contribution >= 0.6 is 0 Å². The molecule has 6 heteroatoms. The molecule has 236 valence electrons. The van der Waals surface area contributed by atoms with E-state index in [-0.39, 0.29) is 24.4 Å². The van der Waals surface area contributed by atoms with E-state index in [4.69, 9.17) is 0 Å². The fourth-order valence-corrected chi connectivity index (χ4v) is 9.80. The van der Waals surface area contributed by atoms with Crippen LogP contribution in [0.25, 0.3) is 32.3 Å². The third kappa shape index (κ3) is 3.55. The van der Waals surface area contributed by atoms with Crippen LogP contribution in [-0.4, -0.2) is 49.4 Å². The lowest BCUT2D eigenvalue weighted by atomic mass is 9.77. The first-order valence-corrected chi connectivity index (χ1v) is 17.4. The third-order valence-electron chi connectivity index (χ3n) is 11.8. The summed E-state index contributed by atoms with van der Waals surface area (Å²) in [6.45, 7) is 2.39. The monoisotopic (exact) mass is 634 g/mol. The molecular weight excluding hydrogens is 601 g/mol. The van der Waals surface area contributed by atoms with E-state index < -0.39 is 0 Å². The molecule has 6 nitrogen and oxygen atoms in total. The molecule has 0 aromatic heterocycles. The number of hydrogen-bond acceptors (Lipinski definition) is 6. The molecule has 49 heavy (non-hydrogen) atoms. The van der Waals surface area contributed by atoms with Crippen LogP contribution < -0.4 is 0 Å². The Bertz CT molecular complexity index is 2170. The van der Waals surface area contributed by atoms with Crippen LogP contribution in [0.3, 0.4) is 0 Å². The number of rotatable bonds is 0. The molecule has 7 aliphatic heterocycles. The van der Waals surface area contributed by atoms with Gasteiger partial charge in [-0.15, -0.1) is 0 Å². The maximum Gasteiger partial charge on any atom is 0.130 e. The third-order valence-corrected chi connectivity index (χ3v) is 11.8. The molecule has 0 atom stereocenters. The second kappa shape index (κ2) is 9.38. The van der Waals surface area contributed by atoms with E-state index in [1.54, 1.807) is 0 Å². The Morgan fingerprint density at radius 2 is 0.633 bits per heavy atom. The molecular formula is C43H34N6. The Hall–Kier alpha value is -5.88. The van der Waals surface area contributed by atoms with Gasteiger partial charge in [0.1, 0.15) is 18.5 Å². The summed E-state index contributed by atoms with van der Waals surface area (Å²) in [6, 6.07) is 42.2. The van der Waals surface area contributed by atoms with Crippen molar-refractivity contribution in [3.8, 4) is 0 Å². The van der Waals surface area contributed by atoms with E-state index in [0.29, 0.717) is 0 Å². The van der Waals surface area contributed by atoms with Crippen molar-refractivity contribution in [2.75, 3.05) is 20.0 Å². The predicted molar refractivity (Wildman–Crippen MR) is 194 cm³/mol. The van der Waals surface area contributed by atoms with Gasteiger partial charge in [-0.3, -0.25) is 0 Å². The van der Waals surface area contributed by atoms with Gasteiger partial charge in [0.05, 0.1) is 20.0 Å². The summed E-state index contributed by atoms with van der Waals surface area (Å²) >= 11 is 0. The smallest absolute Gasteiger partial charge is 0.130 e. The maximum atomic E-state index is 2.55. The molecule has 0 saturated carbocycles. The molecule has 0 spiro atoms. The van der Waals surface area contributed by atoms with Gasteiger partial charge in [0.15, 0.2) is 0 Å². The molecule has 0 amide bonds. The van der Waals surface area contributed by atoms with Crippen molar-refractivity contribution in [3.63, 3.8) is 0 Å². The molecule has 7 aliphatic rings. The van der Waals surface area contributed by atoms with Gasteiger partial charge in [-0.2, -0.15) is 0 Å². The van der Waals surface area contributed by atoms with E-state index in [9.17, 15) is 0 Å². The van der Waals surface area contributed by atoms with Crippen LogP contribution in [0, 0.1) is 0 Å². The van der Waals surface area contributed by atoms with Crippen LogP contribution in [0.2, 0.25) is 0 Å². The Morgan fingerprint density at radius 3 is 0.939 bits per heavy atom. The van der Waals surface area contributed by atoms with Gasteiger partial charge in [0, 0.05) is 43.1 Å². The van der Waals surface area contributed by atoms with Gasteiger partial charge in [0.25, 0.3) is 0 Å². The largest absolute Gasteiger partial charge is 0.334 e. The van der Waals surface area contributed by atoms with Crippen LogP contribution in [0.4, 0.5) is 0 Å². The number of hydrogen-bond donors (Lipinski definition) is 0. The molecule has 0 radical (unpaired) electrons. The summed E-state index contributed by atoms with van der Waals surface area (Å²) in [6.07, 6.45) is 14.1. The van der Waals surface area contributed by atoms with Crippen molar-refractivity contribution < 1.29 is 0 Å². The topological polar surface area (TPSA) is 19.4 Å². The lowest BCUT2D eigenvalue weighted by molar-refractivity contribution is -0.00472. The van der Waals surface area contributed by atoms with Crippen LogP contribution in [0.1, 0.15) is 57.8 Å². The van der Waals surface area contributed by atoms with Crippen molar-refractivity contribution in [1.82, 2.24) is 29.4 Å². The summed E-state index contributed by atoms with van der Waals surface area (Å²) in [7, 11) is 0. The van der Waals surface area contributed by atoms with E-state index in [0.717, 1.165) is 20.0 Å². The lowest BCUT2D eigenvalue weighted by Crippen LogP contribution is -2.46. The molecule has 7 heterocycles. The summed E-state index contributed by atoms with van der Waals surface area (Å²) in [5, 5.41) is 7.82. The quantitative estimate of drug-likeness (QED) is 0.166. The van der Waals surface area contributed by atoms with Crippen LogP contribution in [-0.2, 0) is 0 Å². The van der Waals surface area contributed by atoms with E-state index in [2.05, 4.69) is 176 Å².